The molecule has 1 rings (SSSR count). The van der Waals surface area contributed by atoms with Gasteiger partial charge in [0.2, 0.25) is 0 Å². The van der Waals surface area contributed by atoms with Crippen molar-refractivity contribution >= 4 is 27.1 Å². The van der Waals surface area contributed by atoms with Crippen molar-refractivity contribution in [2.45, 2.75) is 6.92 Å². The number of hydrogen-bond donors (Lipinski definition) is 1. The third-order valence-corrected chi connectivity index (χ3v) is 4.01. The molecule has 1 aromatic rings. The topological polar surface area (TPSA) is 69.4 Å². The monoisotopic (exact) mass is 263 g/mol. The van der Waals surface area contributed by atoms with Crippen molar-refractivity contribution in [3.63, 3.8) is 0 Å². The van der Waals surface area contributed by atoms with Crippen LogP contribution in [0, 0.1) is 0 Å². The molecule has 0 spiro atoms. The molecule has 0 unspecified atom stereocenters. The summed E-state index contributed by atoms with van der Waals surface area (Å²) in [5, 5.41) is 0.383. The van der Waals surface area contributed by atoms with Crippen molar-refractivity contribution in [1.29, 1.82) is 0 Å². The van der Waals surface area contributed by atoms with Crippen molar-refractivity contribution < 1.29 is 13.2 Å². The molecule has 6 heteroatoms. The Kier molecular flexibility index (Phi) is 4.44. The first-order valence-electron chi connectivity index (χ1n) is 4.83. The van der Waals surface area contributed by atoms with Crippen molar-refractivity contribution in [3.8, 4) is 5.75 Å². The van der Waals surface area contributed by atoms with E-state index < -0.39 is 9.84 Å². The van der Waals surface area contributed by atoms with Crippen molar-refractivity contribution in [1.82, 2.24) is 0 Å². The quantitative estimate of drug-likeness (QED) is 0.822. The van der Waals surface area contributed by atoms with E-state index in [-0.39, 0.29) is 18.1 Å². The zero-order valence-electron chi connectivity index (χ0n) is 8.94. The first-order chi connectivity index (χ1) is 7.44. The number of anilines is 1. The molecule has 1 aromatic carbocycles. The van der Waals surface area contributed by atoms with Crippen molar-refractivity contribution in [2.75, 3.05) is 23.8 Å². The van der Waals surface area contributed by atoms with E-state index in [4.69, 9.17) is 22.1 Å². The number of ether oxygens (including phenoxy) is 1. The van der Waals surface area contributed by atoms with E-state index in [9.17, 15) is 8.42 Å². The van der Waals surface area contributed by atoms with Crippen LogP contribution in [0.25, 0.3) is 0 Å². The molecule has 0 aliphatic rings. The molecular weight excluding hydrogens is 250 g/mol. The van der Waals surface area contributed by atoms with E-state index in [1.54, 1.807) is 25.1 Å². The Bertz CT molecular complexity index is 459. The van der Waals surface area contributed by atoms with Gasteiger partial charge in [0, 0.05) is 11.4 Å². The summed E-state index contributed by atoms with van der Waals surface area (Å²) < 4.78 is 27.7. The van der Waals surface area contributed by atoms with Gasteiger partial charge < -0.3 is 10.5 Å². The van der Waals surface area contributed by atoms with Gasteiger partial charge in [-0.25, -0.2) is 8.42 Å². The highest BCUT2D eigenvalue weighted by atomic mass is 35.5. The summed E-state index contributed by atoms with van der Waals surface area (Å²) in [6.45, 7) is 1.70. The van der Waals surface area contributed by atoms with E-state index in [2.05, 4.69) is 0 Å². The Labute approximate surface area is 100 Å². The molecule has 0 aliphatic heterocycles. The Hall–Kier alpha value is -0.940. The molecule has 0 heterocycles. The number of nitrogens with two attached hydrogens (primary N) is 1. The molecule has 0 aliphatic carbocycles. The van der Waals surface area contributed by atoms with Gasteiger partial charge in [0.1, 0.15) is 12.4 Å². The molecule has 0 bridgehead atoms. The summed E-state index contributed by atoms with van der Waals surface area (Å²) in [5.74, 6) is 0.554. The van der Waals surface area contributed by atoms with Crippen LogP contribution in [0.3, 0.4) is 0 Å². The predicted octanol–water partition coefficient (Wildman–Crippen LogP) is 1.74. The lowest BCUT2D eigenvalue weighted by atomic mass is 10.3. The van der Waals surface area contributed by atoms with Gasteiger partial charge in [-0.3, -0.25) is 0 Å². The van der Waals surface area contributed by atoms with Crippen molar-refractivity contribution in [3.05, 3.63) is 23.2 Å². The van der Waals surface area contributed by atoms with Crippen LogP contribution in [0.1, 0.15) is 6.92 Å². The van der Waals surface area contributed by atoms with Crippen LogP contribution in [0.15, 0.2) is 18.2 Å². The highest BCUT2D eigenvalue weighted by Gasteiger charge is 2.08. The molecule has 16 heavy (non-hydrogen) atoms. The lowest BCUT2D eigenvalue weighted by Crippen LogP contribution is -2.15. The number of halogens is 1. The van der Waals surface area contributed by atoms with Gasteiger partial charge in [-0.1, -0.05) is 18.5 Å². The van der Waals surface area contributed by atoms with Crippen LogP contribution in [0.4, 0.5) is 5.69 Å². The number of sulfone groups is 1. The Morgan fingerprint density at radius 3 is 2.69 bits per heavy atom. The van der Waals surface area contributed by atoms with E-state index >= 15 is 0 Å². The second-order valence-electron chi connectivity index (χ2n) is 3.27. The van der Waals surface area contributed by atoms with Crippen LogP contribution in [-0.4, -0.2) is 26.5 Å². The lowest BCUT2D eigenvalue weighted by molar-refractivity contribution is 0.341. The molecule has 0 radical (unpaired) electrons. The number of nitrogen functional groups attached to an aromatic ring is 1. The molecular formula is C10H14ClNO3S. The fourth-order valence-corrected chi connectivity index (χ4v) is 1.93. The molecule has 0 saturated heterocycles. The first kappa shape index (κ1) is 13.1. The van der Waals surface area contributed by atoms with Gasteiger partial charge in [-0.2, -0.15) is 0 Å². The number of benzene rings is 1. The second kappa shape index (κ2) is 5.41. The van der Waals surface area contributed by atoms with E-state index in [1.807, 2.05) is 0 Å². The summed E-state index contributed by atoms with van der Waals surface area (Å²) in [6, 6.07) is 4.83. The standard InChI is InChI=1S/C10H14ClNO3S/c1-2-16(13,14)6-5-15-10-4-3-8(12)7-9(10)11/h3-4,7H,2,5-6,12H2,1H3. The van der Waals surface area contributed by atoms with Gasteiger partial charge in [0.15, 0.2) is 9.84 Å². The maximum atomic E-state index is 11.2. The van der Waals surface area contributed by atoms with Crippen LogP contribution in [0.5, 0.6) is 5.75 Å². The van der Waals surface area contributed by atoms with E-state index in [1.165, 1.54) is 0 Å². The van der Waals surface area contributed by atoms with Crippen LogP contribution in [0.2, 0.25) is 5.02 Å². The zero-order chi connectivity index (χ0) is 12.2. The van der Waals surface area contributed by atoms with Crippen molar-refractivity contribution in [2.24, 2.45) is 0 Å². The minimum atomic E-state index is -3.00. The molecule has 0 amide bonds. The molecule has 2 N–H and O–H groups in total. The molecule has 0 aromatic heterocycles. The van der Waals surface area contributed by atoms with Crippen LogP contribution >= 0.6 is 11.6 Å². The third-order valence-electron chi connectivity index (χ3n) is 2.05. The summed E-state index contributed by atoms with van der Waals surface area (Å²) in [7, 11) is -3.00. The van der Waals surface area contributed by atoms with Gasteiger partial charge in [-0.15, -0.1) is 0 Å². The minimum Gasteiger partial charge on any atom is -0.491 e. The Morgan fingerprint density at radius 2 is 2.12 bits per heavy atom. The predicted molar refractivity (Wildman–Crippen MR) is 65.7 cm³/mol. The largest absolute Gasteiger partial charge is 0.491 e. The van der Waals surface area contributed by atoms with Crippen LogP contribution < -0.4 is 10.5 Å². The summed E-state index contributed by atoms with van der Waals surface area (Å²) in [5.41, 5.74) is 6.05. The minimum absolute atomic E-state index is 0.00972. The normalized spacial score (nSPS) is 11.4. The van der Waals surface area contributed by atoms with Gasteiger partial charge in [-0.05, 0) is 18.2 Å². The smallest absolute Gasteiger partial charge is 0.153 e. The average molecular weight is 264 g/mol. The van der Waals surface area contributed by atoms with Gasteiger partial charge in [0.25, 0.3) is 0 Å². The Balaban J connectivity index is 2.56. The summed E-state index contributed by atoms with van der Waals surface area (Å²) in [4.78, 5) is 0. The van der Waals surface area contributed by atoms with Crippen LogP contribution in [-0.2, 0) is 9.84 Å². The van der Waals surface area contributed by atoms with Gasteiger partial charge in [0.05, 0.1) is 10.8 Å². The molecule has 4 nitrogen and oxygen atoms in total. The molecule has 0 saturated carbocycles. The number of hydrogen-bond acceptors (Lipinski definition) is 4. The van der Waals surface area contributed by atoms with Gasteiger partial charge >= 0.3 is 0 Å². The third kappa shape index (κ3) is 3.90. The SMILES string of the molecule is CCS(=O)(=O)CCOc1ccc(N)cc1Cl. The highest BCUT2D eigenvalue weighted by Crippen LogP contribution is 2.26. The lowest BCUT2D eigenvalue weighted by Gasteiger charge is -2.08. The maximum Gasteiger partial charge on any atom is 0.153 e. The van der Waals surface area contributed by atoms with E-state index in [0.717, 1.165) is 0 Å². The summed E-state index contributed by atoms with van der Waals surface area (Å²) >= 11 is 5.86. The Morgan fingerprint density at radius 1 is 1.44 bits per heavy atom. The highest BCUT2D eigenvalue weighted by molar-refractivity contribution is 7.91. The number of rotatable bonds is 5. The zero-order valence-corrected chi connectivity index (χ0v) is 10.5. The fraction of sp³-hybridized carbons (Fsp3) is 0.400. The molecule has 0 atom stereocenters. The first-order valence-corrected chi connectivity index (χ1v) is 7.03. The fourth-order valence-electron chi connectivity index (χ4n) is 1.06. The maximum absolute atomic E-state index is 11.2. The second-order valence-corrected chi connectivity index (χ2v) is 6.15. The molecule has 0 fully saturated rings. The van der Waals surface area contributed by atoms with E-state index in [0.29, 0.717) is 16.5 Å². The summed E-state index contributed by atoms with van der Waals surface area (Å²) in [6.07, 6.45) is 0. The molecule has 90 valence electrons. The average Bonchev–Trinajstić information content (AvgIpc) is 2.21.